The second kappa shape index (κ2) is 7.24. The highest BCUT2D eigenvalue weighted by atomic mass is 16.1. The fourth-order valence-electron chi connectivity index (χ4n) is 4.49. The number of hydrogen-bond acceptors (Lipinski definition) is 1. The number of aryl methyl sites for hydroxylation is 2. The molecule has 2 aromatic carbocycles. The van der Waals surface area contributed by atoms with Crippen molar-refractivity contribution >= 4 is 5.78 Å². The highest BCUT2D eigenvalue weighted by Crippen LogP contribution is 2.38. The van der Waals surface area contributed by atoms with Crippen LogP contribution in [0, 0.1) is 11.8 Å². The molecular formula is C27H24O. The van der Waals surface area contributed by atoms with Gasteiger partial charge in [0.15, 0.2) is 5.78 Å². The topological polar surface area (TPSA) is 17.1 Å². The van der Waals surface area contributed by atoms with E-state index in [0.29, 0.717) is 11.8 Å². The average Bonchev–Trinajstić information content (AvgIpc) is 3.47. The summed E-state index contributed by atoms with van der Waals surface area (Å²) in [6.07, 6.45) is 21.6. The minimum atomic E-state index is 0.190. The van der Waals surface area contributed by atoms with Crippen LogP contribution >= 0.6 is 0 Å². The van der Waals surface area contributed by atoms with Crippen LogP contribution in [0.15, 0.2) is 85.0 Å². The van der Waals surface area contributed by atoms with Gasteiger partial charge in [-0.1, -0.05) is 72.9 Å². The predicted molar refractivity (Wildman–Crippen MR) is 115 cm³/mol. The fraction of sp³-hybridized carbons (Fsp3) is 0.222. The molecule has 0 atom stereocenters. The van der Waals surface area contributed by atoms with E-state index in [1.54, 1.807) is 0 Å². The molecule has 0 unspecified atom stereocenters. The summed E-state index contributed by atoms with van der Waals surface area (Å²) >= 11 is 0. The first-order valence-electron chi connectivity index (χ1n) is 10.3. The highest BCUT2D eigenvalue weighted by Gasteiger charge is 2.27. The number of carbonyl (C=O) groups is 1. The molecule has 0 radical (unpaired) electrons. The average molecular weight is 364 g/mol. The van der Waals surface area contributed by atoms with Crippen molar-refractivity contribution in [3.05, 3.63) is 107 Å². The van der Waals surface area contributed by atoms with Crippen LogP contribution in [0.3, 0.4) is 0 Å². The summed E-state index contributed by atoms with van der Waals surface area (Å²) in [5.74, 6) is 1.26. The Morgan fingerprint density at radius 3 is 1.43 bits per heavy atom. The molecule has 0 saturated heterocycles. The van der Waals surface area contributed by atoms with Crippen LogP contribution in [0.4, 0.5) is 0 Å². The zero-order chi connectivity index (χ0) is 18.9. The van der Waals surface area contributed by atoms with Gasteiger partial charge in [0, 0.05) is 11.1 Å². The van der Waals surface area contributed by atoms with E-state index in [0.717, 1.165) is 47.9 Å². The first-order valence-corrected chi connectivity index (χ1v) is 10.3. The van der Waals surface area contributed by atoms with Gasteiger partial charge in [-0.2, -0.15) is 0 Å². The second-order valence-corrected chi connectivity index (χ2v) is 8.03. The van der Waals surface area contributed by atoms with Crippen LogP contribution in [0.1, 0.15) is 39.9 Å². The Hall–Kier alpha value is -2.93. The molecule has 0 saturated carbocycles. The summed E-state index contributed by atoms with van der Waals surface area (Å²) < 4.78 is 0. The molecule has 0 bridgehead atoms. The first-order chi connectivity index (χ1) is 13.8. The van der Waals surface area contributed by atoms with Crippen molar-refractivity contribution in [1.29, 1.82) is 0 Å². The zero-order valence-corrected chi connectivity index (χ0v) is 16.0. The van der Waals surface area contributed by atoms with Crippen molar-refractivity contribution < 1.29 is 4.79 Å². The first kappa shape index (κ1) is 17.2. The molecule has 0 aromatic heterocycles. The van der Waals surface area contributed by atoms with Crippen LogP contribution in [-0.4, -0.2) is 5.78 Å². The van der Waals surface area contributed by atoms with E-state index in [4.69, 9.17) is 0 Å². The molecule has 0 N–H and O–H groups in total. The molecule has 28 heavy (non-hydrogen) atoms. The van der Waals surface area contributed by atoms with E-state index in [1.807, 2.05) is 0 Å². The molecule has 0 amide bonds. The van der Waals surface area contributed by atoms with Crippen molar-refractivity contribution in [3.8, 4) is 11.1 Å². The van der Waals surface area contributed by atoms with Gasteiger partial charge in [0.2, 0.25) is 0 Å². The molecule has 0 fully saturated rings. The Balaban J connectivity index is 1.33. The zero-order valence-electron chi connectivity index (χ0n) is 16.0. The molecule has 3 aliphatic rings. The Morgan fingerprint density at radius 1 is 0.571 bits per heavy atom. The van der Waals surface area contributed by atoms with E-state index in [2.05, 4.69) is 85.0 Å². The quantitative estimate of drug-likeness (QED) is 0.505. The van der Waals surface area contributed by atoms with Crippen LogP contribution in [0.25, 0.3) is 11.1 Å². The molecule has 1 nitrogen and oxygen atoms in total. The molecule has 1 heteroatoms. The summed E-state index contributed by atoms with van der Waals surface area (Å²) in [6, 6.07) is 12.9. The Morgan fingerprint density at radius 2 is 1.00 bits per heavy atom. The predicted octanol–water partition coefficient (Wildman–Crippen LogP) is 6.25. The highest BCUT2D eigenvalue weighted by molar-refractivity contribution is 6.21. The van der Waals surface area contributed by atoms with Crippen molar-refractivity contribution in [1.82, 2.24) is 0 Å². The van der Waals surface area contributed by atoms with Crippen molar-refractivity contribution in [2.24, 2.45) is 11.8 Å². The summed E-state index contributed by atoms with van der Waals surface area (Å²) in [7, 11) is 0. The normalized spacial score (nSPS) is 17.1. The summed E-state index contributed by atoms with van der Waals surface area (Å²) in [5.41, 5.74) is 6.46. The maximum absolute atomic E-state index is 13.1. The molecular weight excluding hydrogens is 340 g/mol. The molecule has 138 valence electrons. The molecule has 5 rings (SSSR count). The summed E-state index contributed by atoms with van der Waals surface area (Å²) in [4.78, 5) is 13.1. The Bertz CT molecular complexity index is 940. The Labute approximate surface area is 166 Å². The van der Waals surface area contributed by atoms with Gasteiger partial charge in [-0.3, -0.25) is 4.79 Å². The molecule has 0 spiro atoms. The standard InChI is InChI=1S/C27H24O/c28-27-25-17-21(11-9-19-5-1-2-6-19)13-15-23(25)24-16-14-22(18-26(24)27)12-10-20-7-3-4-8-20/h1-8,13-20H,9-12H2. The molecule has 0 aliphatic heterocycles. The van der Waals surface area contributed by atoms with Crippen LogP contribution in [0.5, 0.6) is 0 Å². The van der Waals surface area contributed by atoms with E-state index >= 15 is 0 Å². The lowest BCUT2D eigenvalue weighted by atomic mass is 9.96. The smallest absolute Gasteiger partial charge is 0.194 e. The third-order valence-corrected chi connectivity index (χ3v) is 6.14. The number of allylic oxidation sites excluding steroid dienone is 8. The number of rotatable bonds is 6. The van der Waals surface area contributed by atoms with E-state index in [9.17, 15) is 4.79 Å². The van der Waals surface area contributed by atoms with Gasteiger partial charge in [0.05, 0.1) is 0 Å². The number of carbonyl (C=O) groups excluding carboxylic acids is 1. The lowest BCUT2D eigenvalue weighted by Crippen LogP contribution is -1.99. The third kappa shape index (κ3) is 3.22. The van der Waals surface area contributed by atoms with Crippen LogP contribution in [-0.2, 0) is 12.8 Å². The van der Waals surface area contributed by atoms with Crippen LogP contribution in [0.2, 0.25) is 0 Å². The van der Waals surface area contributed by atoms with Crippen molar-refractivity contribution in [2.45, 2.75) is 25.7 Å². The second-order valence-electron chi connectivity index (χ2n) is 8.03. The minimum Gasteiger partial charge on any atom is -0.289 e. The fourth-order valence-corrected chi connectivity index (χ4v) is 4.49. The van der Waals surface area contributed by atoms with E-state index < -0.39 is 0 Å². The molecule has 3 aliphatic carbocycles. The van der Waals surface area contributed by atoms with Gasteiger partial charge in [-0.15, -0.1) is 0 Å². The monoisotopic (exact) mass is 364 g/mol. The molecule has 0 heterocycles. The van der Waals surface area contributed by atoms with Gasteiger partial charge in [-0.25, -0.2) is 0 Å². The SMILES string of the molecule is O=C1c2cc(CCC3C=CC=C3)ccc2-c2ccc(CCC3C=CC=C3)cc21. The third-order valence-electron chi connectivity index (χ3n) is 6.14. The van der Waals surface area contributed by atoms with Gasteiger partial charge in [-0.05, 0) is 71.9 Å². The van der Waals surface area contributed by atoms with Crippen LogP contribution < -0.4 is 0 Å². The van der Waals surface area contributed by atoms with Crippen molar-refractivity contribution in [2.75, 3.05) is 0 Å². The summed E-state index contributed by atoms with van der Waals surface area (Å²) in [5, 5.41) is 0. The Kier molecular flexibility index (Phi) is 4.44. The number of benzene rings is 2. The lowest BCUT2D eigenvalue weighted by Gasteiger charge is -2.08. The van der Waals surface area contributed by atoms with Crippen molar-refractivity contribution in [3.63, 3.8) is 0 Å². The molecule has 2 aromatic rings. The number of ketones is 1. The largest absolute Gasteiger partial charge is 0.289 e. The maximum Gasteiger partial charge on any atom is 0.194 e. The minimum absolute atomic E-state index is 0.190. The van der Waals surface area contributed by atoms with Gasteiger partial charge in [0.1, 0.15) is 0 Å². The summed E-state index contributed by atoms with van der Waals surface area (Å²) in [6.45, 7) is 0. The number of hydrogen-bond donors (Lipinski definition) is 0. The lowest BCUT2D eigenvalue weighted by molar-refractivity contribution is 0.104. The number of fused-ring (bicyclic) bond motifs is 3. The van der Waals surface area contributed by atoms with Gasteiger partial charge >= 0.3 is 0 Å². The van der Waals surface area contributed by atoms with Gasteiger partial charge in [0.25, 0.3) is 0 Å². The van der Waals surface area contributed by atoms with E-state index in [-0.39, 0.29) is 5.78 Å². The maximum atomic E-state index is 13.1. The van der Waals surface area contributed by atoms with Gasteiger partial charge < -0.3 is 0 Å². The van der Waals surface area contributed by atoms with E-state index in [1.165, 1.54) is 11.1 Å².